The van der Waals surface area contributed by atoms with Crippen molar-refractivity contribution in [1.29, 1.82) is 0 Å². The van der Waals surface area contributed by atoms with Crippen LogP contribution in [0.5, 0.6) is 0 Å². The van der Waals surface area contributed by atoms with E-state index < -0.39 is 0 Å². The number of hydrogen-bond acceptors (Lipinski definition) is 5. The van der Waals surface area contributed by atoms with Gasteiger partial charge in [-0.25, -0.2) is 4.79 Å². The Morgan fingerprint density at radius 1 is 1.50 bits per heavy atom. The van der Waals surface area contributed by atoms with Crippen molar-refractivity contribution in [2.75, 3.05) is 7.11 Å². The van der Waals surface area contributed by atoms with E-state index in [9.17, 15) is 4.79 Å². The van der Waals surface area contributed by atoms with Crippen LogP contribution in [0.1, 0.15) is 34.3 Å². The van der Waals surface area contributed by atoms with E-state index >= 15 is 0 Å². The van der Waals surface area contributed by atoms with Crippen molar-refractivity contribution < 1.29 is 13.9 Å². The Balaban J connectivity index is 1.89. The molecule has 0 unspecified atom stereocenters. The fourth-order valence-corrected chi connectivity index (χ4v) is 2.05. The zero-order valence-corrected chi connectivity index (χ0v) is 12.0. The number of aromatic nitrogens is 2. The Labute approximate surface area is 117 Å². The number of hydrogen-bond donors (Lipinski definition) is 1. The third-order valence-electron chi connectivity index (χ3n) is 3.02. The first kappa shape index (κ1) is 14.3. The minimum atomic E-state index is -0.388. The maximum atomic E-state index is 11.3. The van der Waals surface area contributed by atoms with Crippen LogP contribution >= 0.6 is 0 Å². The maximum Gasteiger partial charge on any atom is 0.341 e. The second kappa shape index (κ2) is 6.38. The lowest BCUT2D eigenvalue weighted by molar-refractivity contribution is 0.0600. The Morgan fingerprint density at radius 3 is 3.00 bits per heavy atom. The lowest BCUT2D eigenvalue weighted by Crippen LogP contribution is -2.13. The van der Waals surface area contributed by atoms with E-state index in [0.29, 0.717) is 24.4 Å². The molecule has 20 heavy (non-hydrogen) atoms. The summed E-state index contributed by atoms with van der Waals surface area (Å²) in [5, 5.41) is 7.66. The quantitative estimate of drug-likeness (QED) is 0.813. The second-order valence-electron chi connectivity index (χ2n) is 4.53. The third kappa shape index (κ3) is 3.27. The summed E-state index contributed by atoms with van der Waals surface area (Å²) in [5.74, 6) is 0.313. The molecule has 2 aromatic rings. The van der Waals surface area contributed by atoms with Crippen molar-refractivity contribution in [3.05, 3.63) is 41.1 Å². The van der Waals surface area contributed by atoms with Crippen molar-refractivity contribution >= 4 is 5.97 Å². The van der Waals surface area contributed by atoms with Crippen LogP contribution in [-0.4, -0.2) is 22.9 Å². The van der Waals surface area contributed by atoms with E-state index in [4.69, 9.17) is 4.42 Å². The molecule has 0 aromatic carbocycles. The zero-order valence-electron chi connectivity index (χ0n) is 12.0. The Hall–Kier alpha value is -2.08. The molecule has 2 aromatic heterocycles. The number of aryl methyl sites for hydroxylation is 2. The summed E-state index contributed by atoms with van der Waals surface area (Å²) in [7, 11) is 3.26. The number of carbonyl (C=O) groups is 1. The van der Waals surface area contributed by atoms with Gasteiger partial charge in [0.2, 0.25) is 0 Å². The number of esters is 1. The molecule has 2 heterocycles. The molecule has 6 heteroatoms. The largest absolute Gasteiger partial charge is 0.467 e. The Kier molecular flexibility index (Phi) is 4.57. The van der Waals surface area contributed by atoms with Gasteiger partial charge in [0.1, 0.15) is 12.0 Å². The molecule has 0 saturated heterocycles. The monoisotopic (exact) mass is 277 g/mol. The fraction of sp³-hybridized carbons (Fsp3) is 0.429. The SMILES string of the molecule is CCc1nn(C)cc1CNCc1cc(C(=O)OC)co1. The minimum absolute atomic E-state index is 0.388. The van der Waals surface area contributed by atoms with E-state index in [-0.39, 0.29) is 5.97 Å². The van der Waals surface area contributed by atoms with Gasteiger partial charge >= 0.3 is 5.97 Å². The van der Waals surface area contributed by atoms with Crippen molar-refractivity contribution in [2.24, 2.45) is 7.05 Å². The first-order chi connectivity index (χ1) is 9.63. The van der Waals surface area contributed by atoms with Gasteiger partial charge in [-0.05, 0) is 12.5 Å². The normalized spacial score (nSPS) is 10.8. The van der Waals surface area contributed by atoms with Crippen molar-refractivity contribution in [3.8, 4) is 0 Å². The van der Waals surface area contributed by atoms with Gasteiger partial charge in [0, 0.05) is 25.4 Å². The third-order valence-corrected chi connectivity index (χ3v) is 3.02. The standard InChI is InChI=1S/C14H19N3O3/c1-4-13-11(8-17(2)16-13)6-15-7-12-5-10(9-20-12)14(18)19-3/h5,8-9,15H,4,6-7H2,1-3H3. The summed E-state index contributed by atoms with van der Waals surface area (Å²) >= 11 is 0. The number of rotatable bonds is 6. The van der Waals surface area contributed by atoms with Crippen molar-refractivity contribution in [1.82, 2.24) is 15.1 Å². The molecule has 0 spiro atoms. The van der Waals surface area contributed by atoms with Gasteiger partial charge < -0.3 is 14.5 Å². The highest BCUT2D eigenvalue weighted by Crippen LogP contribution is 2.10. The number of nitrogens with zero attached hydrogens (tertiary/aromatic N) is 2. The molecule has 0 aliphatic carbocycles. The minimum Gasteiger partial charge on any atom is -0.467 e. The molecule has 0 radical (unpaired) electrons. The topological polar surface area (TPSA) is 69.3 Å². The van der Waals surface area contributed by atoms with Gasteiger partial charge in [0.25, 0.3) is 0 Å². The van der Waals surface area contributed by atoms with Gasteiger partial charge in [0.05, 0.1) is 24.9 Å². The Bertz CT molecular complexity index is 586. The van der Waals surface area contributed by atoms with Gasteiger partial charge in [-0.15, -0.1) is 0 Å². The molecule has 1 N–H and O–H groups in total. The smallest absolute Gasteiger partial charge is 0.341 e. The molecular weight excluding hydrogens is 258 g/mol. The van der Waals surface area contributed by atoms with Crippen molar-refractivity contribution in [2.45, 2.75) is 26.4 Å². The van der Waals surface area contributed by atoms with E-state index in [1.54, 1.807) is 6.07 Å². The number of ether oxygens (including phenoxy) is 1. The molecule has 0 aliphatic rings. The highest BCUT2D eigenvalue weighted by atomic mass is 16.5. The number of nitrogens with one attached hydrogen (secondary N) is 1. The van der Waals surface area contributed by atoms with Crippen LogP contribution < -0.4 is 5.32 Å². The van der Waals surface area contributed by atoms with E-state index in [2.05, 4.69) is 22.1 Å². The molecule has 108 valence electrons. The summed E-state index contributed by atoms with van der Waals surface area (Å²) < 4.78 is 11.7. The Morgan fingerprint density at radius 2 is 2.30 bits per heavy atom. The molecule has 0 bridgehead atoms. The maximum absolute atomic E-state index is 11.3. The van der Waals surface area contributed by atoms with Crippen LogP contribution in [0.2, 0.25) is 0 Å². The lowest BCUT2D eigenvalue weighted by Gasteiger charge is -2.01. The van der Waals surface area contributed by atoms with E-state index in [1.165, 1.54) is 18.9 Å². The number of furan rings is 1. The lowest BCUT2D eigenvalue weighted by atomic mass is 10.2. The van der Waals surface area contributed by atoms with Crippen LogP contribution in [0, 0.1) is 0 Å². The summed E-state index contributed by atoms with van der Waals surface area (Å²) in [6, 6.07) is 1.68. The first-order valence-corrected chi connectivity index (χ1v) is 6.51. The van der Waals surface area contributed by atoms with Crippen LogP contribution in [0.4, 0.5) is 0 Å². The molecule has 0 amide bonds. The predicted molar refractivity (Wildman–Crippen MR) is 73.2 cm³/mol. The highest BCUT2D eigenvalue weighted by molar-refractivity contribution is 5.88. The van der Waals surface area contributed by atoms with Crippen LogP contribution in [0.15, 0.2) is 22.9 Å². The van der Waals surface area contributed by atoms with Gasteiger partial charge in [0.15, 0.2) is 0 Å². The zero-order chi connectivity index (χ0) is 14.5. The molecule has 0 saturated carbocycles. The molecule has 2 rings (SSSR count). The summed E-state index contributed by atoms with van der Waals surface area (Å²) in [6.45, 7) is 3.35. The number of carbonyl (C=O) groups excluding carboxylic acids is 1. The van der Waals surface area contributed by atoms with E-state index in [0.717, 1.165) is 12.1 Å². The first-order valence-electron chi connectivity index (χ1n) is 6.51. The second-order valence-corrected chi connectivity index (χ2v) is 4.53. The summed E-state index contributed by atoms with van der Waals surface area (Å²) in [4.78, 5) is 11.3. The van der Waals surface area contributed by atoms with E-state index in [1.807, 2.05) is 17.9 Å². The predicted octanol–water partition coefficient (Wildman–Crippen LogP) is 1.65. The molecular formula is C14H19N3O3. The average Bonchev–Trinajstić information content (AvgIpc) is 3.04. The molecule has 6 nitrogen and oxygen atoms in total. The van der Waals surface area contributed by atoms with Crippen LogP contribution in [0.3, 0.4) is 0 Å². The van der Waals surface area contributed by atoms with Gasteiger partial charge in [-0.1, -0.05) is 6.92 Å². The van der Waals surface area contributed by atoms with Gasteiger partial charge in [-0.3, -0.25) is 4.68 Å². The molecule has 0 fully saturated rings. The van der Waals surface area contributed by atoms with Gasteiger partial charge in [-0.2, -0.15) is 5.10 Å². The summed E-state index contributed by atoms with van der Waals surface area (Å²) in [6.07, 6.45) is 4.32. The van der Waals surface area contributed by atoms with Crippen molar-refractivity contribution in [3.63, 3.8) is 0 Å². The van der Waals surface area contributed by atoms with Crippen LogP contribution in [-0.2, 0) is 31.3 Å². The van der Waals surface area contributed by atoms with Crippen LogP contribution in [0.25, 0.3) is 0 Å². The highest BCUT2D eigenvalue weighted by Gasteiger charge is 2.10. The number of methoxy groups -OCH3 is 1. The fourth-order valence-electron chi connectivity index (χ4n) is 2.05. The average molecular weight is 277 g/mol. The summed E-state index contributed by atoms with van der Waals surface area (Å²) in [5.41, 5.74) is 2.70. The molecule has 0 atom stereocenters. The molecule has 0 aliphatic heterocycles.